The third-order valence-corrected chi connectivity index (χ3v) is 5.83. The van der Waals surface area contributed by atoms with Crippen molar-refractivity contribution >= 4 is 27.8 Å². The van der Waals surface area contributed by atoms with Crippen LogP contribution in [0.1, 0.15) is 16.9 Å². The Hall–Kier alpha value is -3.39. The lowest BCUT2D eigenvalue weighted by atomic mass is 10.1. The van der Waals surface area contributed by atoms with Crippen LogP contribution in [-0.4, -0.2) is 27.1 Å². The fourth-order valence-electron chi connectivity index (χ4n) is 2.83. The Morgan fingerprint density at radius 3 is 2.38 bits per heavy atom. The van der Waals surface area contributed by atoms with Crippen LogP contribution in [0, 0.1) is 13.8 Å². The number of hydrogen-bond acceptors (Lipinski definition) is 5. The van der Waals surface area contributed by atoms with E-state index in [1.807, 2.05) is 19.9 Å². The van der Waals surface area contributed by atoms with Crippen molar-refractivity contribution in [1.29, 1.82) is 0 Å². The van der Waals surface area contributed by atoms with Gasteiger partial charge in [-0.05, 0) is 61.4 Å². The predicted molar refractivity (Wildman–Crippen MR) is 111 cm³/mol. The van der Waals surface area contributed by atoms with Crippen LogP contribution in [0.2, 0.25) is 0 Å². The molecule has 0 aliphatic heterocycles. The van der Waals surface area contributed by atoms with Gasteiger partial charge in [0.15, 0.2) is 0 Å². The van der Waals surface area contributed by atoms with Gasteiger partial charge in [0.1, 0.15) is 12.3 Å². The monoisotopic (exact) mass is 411 g/mol. The number of amides is 1. The van der Waals surface area contributed by atoms with E-state index < -0.39 is 22.5 Å². The number of anilines is 1. The Bertz CT molecular complexity index is 1090. The molecule has 0 radical (unpaired) electrons. The number of nitrogens with zero attached hydrogens (tertiary/aromatic N) is 2. The van der Waals surface area contributed by atoms with Crippen LogP contribution in [0.3, 0.4) is 0 Å². The van der Waals surface area contributed by atoms with Crippen molar-refractivity contribution in [3.63, 3.8) is 0 Å². The van der Waals surface area contributed by atoms with E-state index in [0.717, 1.165) is 15.4 Å². The Labute approximate surface area is 169 Å². The molecule has 150 valence electrons. The van der Waals surface area contributed by atoms with Crippen LogP contribution in [0.4, 0.5) is 5.69 Å². The van der Waals surface area contributed by atoms with E-state index in [2.05, 4.69) is 10.5 Å². The van der Waals surface area contributed by atoms with Crippen molar-refractivity contribution in [3.05, 3.63) is 83.8 Å². The van der Waals surface area contributed by atoms with Crippen molar-refractivity contribution in [3.8, 4) is 0 Å². The summed E-state index contributed by atoms with van der Waals surface area (Å²) in [6.45, 7) is 3.32. The highest BCUT2D eigenvalue weighted by Crippen LogP contribution is 2.25. The van der Waals surface area contributed by atoms with E-state index in [4.69, 9.17) is 4.42 Å². The van der Waals surface area contributed by atoms with Gasteiger partial charge in [0.2, 0.25) is 0 Å². The molecule has 0 fully saturated rings. The molecule has 0 aliphatic rings. The molecule has 7 nitrogen and oxygen atoms in total. The standard InChI is InChI=1S/C21H21N3O4S/c1-16-11-17(2)13-18(12-16)24(29(26,27)20-8-4-3-5-9-20)15-21(25)23-22-14-19-7-6-10-28-19/h3-14H,15H2,1-2H3,(H,23,25)/b22-14-. The summed E-state index contributed by atoms with van der Waals surface area (Å²) in [4.78, 5) is 12.5. The summed E-state index contributed by atoms with van der Waals surface area (Å²) in [7, 11) is -3.95. The van der Waals surface area contributed by atoms with Crippen LogP contribution >= 0.6 is 0 Å². The second-order valence-electron chi connectivity index (χ2n) is 6.48. The van der Waals surface area contributed by atoms with Gasteiger partial charge < -0.3 is 4.42 Å². The molecular formula is C21H21N3O4S. The van der Waals surface area contributed by atoms with E-state index in [0.29, 0.717) is 11.4 Å². The molecule has 1 amide bonds. The lowest BCUT2D eigenvalue weighted by Gasteiger charge is -2.24. The first kappa shape index (κ1) is 20.3. The Kier molecular flexibility index (Phi) is 6.13. The molecule has 2 aromatic carbocycles. The Morgan fingerprint density at radius 1 is 1.07 bits per heavy atom. The summed E-state index contributed by atoms with van der Waals surface area (Å²) in [5.41, 5.74) is 4.54. The Morgan fingerprint density at radius 2 is 1.76 bits per heavy atom. The first-order chi connectivity index (χ1) is 13.9. The SMILES string of the molecule is Cc1cc(C)cc(N(CC(=O)N/N=C\c2ccco2)S(=O)(=O)c2ccccc2)c1. The minimum atomic E-state index is -3.95. The summed E-state index contributed by atoms with van der Waals surface area (Å²) >= 11 is 0. The number of carbonyl (C=O) groups excluding carboxylic acids is 1. The van der Waals surface area contributed by atoms with Gasteiger partial charge in [-0.2, -0.15) is 5.10 Å². The number of hydrogen-bond donors (Lipinski definition) is 1. The number of hydrazone groups is 1. The highest BCUT2D eigenvalue weighted by molar-refractivity contribution is 7.92. The zero-order valence-electron chi connectivity index (χ0n) is 16.1. The number of sulfonamides is 1. The average Bonchev–Trinajstić information content (AvgIpc) is 3.19. The van der Waals surface area contributed by atoms with E-state index >= 15 is 0 Å². The summed E-state index contributed by atoms with van der Waals surface area (Å²) in [6, 6.07) is 16.8. The number of benzene rings is 2. The summed E-state index contributed by atoms with van der Waals surface area (Å²) in [6.07, 6.45) is 2.82. The van der Waals surface area contributed by atoms with Crippen LogP contribution in [-0.2, 0) is 14.8 Å². The first-order valence-electron chi connectivity index (χ1n) is 8.88. The summed E-state index contributed by atoms with van der Waals surface area (Å²) in [5.74, 6) is -0.111. The number of rotatable bonds is 7. The lowest BCUT2D eigenvalue weighted by Crippen LogP contribution is -2.39. The smallest absolute Gasteiger partial charge is 0.264 e. The molecule has 0 saturated heterocycles. The fourth-order valence-corrected chi connectivity index (χ4v) is 4.25. The number of furan rings is 1. The van der Waals surface area contributed by atoms with Crippen molar-refractivity contribution < 1.29 is 17.6 Å². The van der Waals surface area contributed by atoms with E-state index in [-0.39, 0.29) is 4.90 Å². The second-order valence-corrected chi connectivity index (χ2v) is 8.34. The van der Waals surface area contributed by atoms with Gasteiger partial charge in [0, 0.05) is 0 Å². The molecule has 0 aliphatic carbocycles. The highest BCUT2D eigenvalue weighted by Gasteiger charge is 2.27. The zero-order chi connectivity index (χ0) is 20.9. The van der Waals surface area contributed by atoms with Crippen LogP contribution in [0.15, 0.2) is 81.3 Å². The molecule has 0 unspecified atom stereocenters. The molecule has 0 saturated carbocycles. The molecular weight excluding hydrogens is 390 g/mol. The third-order valence-electron chi connectivity index (χ3n) is 4.04. The summed E-state index contributed by atoms with van der Waals surface area (Å²) < 4.78 is 32.7. The van der Waals surface area contributed by atoms with Crippen LogP contribution in [0.25, 0.3) is 0 Å². The molecule has 0 atom stereocenters. The van der Waals surface area contributed by atoms with Crippen molar-refractivity contribution in [1.82, 2.24) is 5.43 Å². The van der Waals surface area contributed by atoms with Gasteiger partial charge in [-0.15, -0.1) is 0 Å². The first-order valence-corrected chi connectivity index (χ1v) is 10.3. The minimum Gasteiger partial charge on any atom is -0.463 e. The third kappa shape index (κ3) is 5.11. The van der Waals surface area contributed by atoms with Crippen molar-refractivity contribution in [2.45, 2.75) is 18.7 Å². The minimum absolute atomic E-state index is 0.103. The van der Waals surface area contributed by atoms with Gasteiger partial charge in [-0.1, -0.05) is 24.3 Å². The molecule has 3 rings (SSSR count). The van der Waals surface area contributed by atoms with Gasteiger partial charge >= 0.3 is 0 Å². The fraction of sp³-hybridized carbons (Fsp3) is 0.143. The molecule has 0 spiro atoms. The van der Waals surface area contributed by atoms with Crippen molar-refractivity contribution in [2.75, 3.05) is 10.8 Å². The maximum Gasteiger partial charge on any atom is 0.264 e. The molecule has 0 bridgehead atoms. The quantitative estimate of drug-likeness (QED) is 0.477. The predicted octanol–water partition coefficient (Wildman–Crippen LogP) is 3.24. The van der Waals surface area contributed by atoms with Gasteiger partial charge in [-0.3, -0.25) is 9.10 Å². The van der Waals surface area contributed by atoms with E-state index in [1.54, 1.807) is 42.5 Å². The van der Waals surface area contributed by atoms with Gasteiger partial charge in [-0.25, -0.2) is 13.8 Å². The molecule has 1 heterocycles. The molecule has 1 aromatic heterocycles. The number of nitrogens with one attached hydrogen (secondary N) is 1. The topological polar surface area (TPSA) is 92.0 Å². The molecule has 8 heteroatoms. The molecule has 29 heavy (non-hydrogen) atoms. The highest BCUT2D eigenvalue weighted by atomic mass is 32.2. The van der Waals surface area contributed by atoms with E-state index in [1.165, 1.54) is 24.6 Å². The normalized spacial score (nSPS) is 11.5. The molecule has 1 N–H and O–H groups in total. The Balaban J connectivity index is 1.89. The van der Waals surface area contributed by atoms with Crippen molar-refractivity contribution in [2.24, 2.45) is 5.10 Å². The van der Waals surface area contributed by atoms with E-state index in [9.17, 15) is 13.2 Å². The van der Waals surface area contributed by atoms with Crippen LogP contribution in [0.5, 0.6) is 0 Å². The number of aryl methyl sites for hydroxylation is 2. The largest absolute Gasteiger partial charge is 0.463 e. The second kappa shape index (κ2) is 8.74. The van der Waals surface area contributed by atoms with Gasteiger partial charge in [0.05, 0.1) is 23.1 Å². The van der Waals surface area contributed by atoms with Crippen LogP contribution < -0.4 is 9.73 Å². The lowest BCUT2D eigenvalue weighted by molar-refractivity contribution is -0.119. The molecule has 3 aromatic rings. The average molecular weight is 411 g/mol. The summed E-state index contributed by atoms with van der Waals surface area (Å²) in [5, 5.41) is 3.81. The maximum absolute atomic E-state index is 13.2. The van der Waals surface area contributed by atoms with Gasteiger partial charge in [0.25, 0.3) is 15.9 Å². The zero-order valence-corrected chi connectivity index (χ0v) is 16.9. The number of carbonyl (C=O) groups is 1. The maximum atomic E-state index is 13.2.